The Labute approximate surface area is 114 Å². The standard InChI is InChI=1S/C15H20ClNO/c1-5-17-14-7-13(16)11(9-18)6-12(14)10(2)8-15(17,3)4/h6-7,9-10H,5,8H2,1-4H3/t10-/m1/s1. The maximum absolute atomic E-state index is 11.0. The zero-order valence-electron chi connectivity index (χ0n) is 11.5. The summed E-state index contributed by atoms with van der Waals surface area (Å²) in [7, 11) is 0. The highest BCUT2D eigenvalue weighted by Crippen LogP contribution is 2.44. The van der Waals surface area contributed by atoms with Crippen LogP contribution < -0.4 is 4.90 Å². The molecule has 0 amide bonds. The van der Waals surface area contributed by atoms with Crippen molar-refractivity contribution in [2.24, 2.45) is 0 Å². The van der Waals surface area contributed by atoms with Crippen LogP contribution >= 0.6 is 11.6 Å². The Morgan fingerprint density at radius 1 is 1.50 bits per heavy atom. The summed E-state index contributed by atoms with van der Waals surface area (Å²) < 4.78 is 0. The van der Waals surface area contributed by atoms with Gasteiger partial charge >= 0.3 is 0 Å². The van der Waals surface area contributed by atoms with Crippen molar-refractivity contribution in [3.8, 4) is 0 Å². The van der Waals surface area contributed by atoms with E-state index in [9.17, 15) is 4.79 Å². The van der Waals surface area contributed by atoms with E-state index in [1.165, 1.54) is 11.3 Å². The van der Waals surface area contributed by atoms with Crippen molar-refractivity contribution >= 4 is 23.6 Å². The zero-order chi connectivity index (χ0) is 13.5. The first-order chi connectivity index (χ1) is 8.40. The molecular formula is C15H20ClNO. The first-order valence-corrected chi connectivity index (χ1v) is 6.84. The van der Waals surface area contributed by atoms with Crippen LogP contribution in [-0.2, 0) is 0 Å². The summed E-state index contributed by atoms with van der Waals surface area (Å²) >= 11 is 6.17. The molecular weight excluding hydrogens is 246 g/mol. The fourth-order valence-corrected chi connectivity index (χ4v) is 3.41. The second-order valence-electron chi connectivity index (χ2n) is 5.71. The summed E-state index contributed by atoms with van der Waals surface area (Å²) in [5.74, 6) is 0.453. The molecule has 0 aromatic heterocycles. The Morgan fingerprint density at radius 2 is 2.17 bits per heavy atom. The van der Waals surface area contributed by atoms with Gasteiger partial charge in [0.25, 0.3) is 0 Å². The van der Waals surface area contributed by atoms with E-state index in [1.54, 1.807) is 0 Å². The minimum Gasteiger partial charge on any atom is -0.366 e. The van der Waals surface area contributed by atoms with Crippen LogP contribution in [0.4, 0.5) is 5.69 Å². The van der Waals surface area contributed by atoms with Gasteiger partial charge in [0.2, 0.25) is 0 Å². The van der Waals surface area contributed by atoms with Crippen molar-refractivity contribution in [3.63, 3.8) is 0 Å². The Bertz CT molecular complexity index is 482. The van der Waals surface area contributed by atoms with E-state index in [-0.39, 0.29) is 5.54 Å². The van der Waals surface area contributed by atoms with Crippen LogP contribution in [0.2, 0.25) is 5.02 Å². The highest BCUT2D eigenvalue weighted by Gasteiger charge is 2.35. The van der Waals surface area contributed by atoms with E-state index in [1.807, 2.05) is 12.1 Å². The predicted molar refractivity (Wildman–Crippen MR) is 77.0 cm³/mol. The van der Waals surface area contributed by atoms with Gasteiger partial charge in [-0.15, -0.1) is 0 Å². The molecule has 1 aliphatic heterocycles. The van der Waals surface area contributed by atoms with E-state index in [2.05, 4.69) is 32.6 Å². The van der Waals surface area contributed by atoms with Gasteiger partial charge in [0.15, 0.2) is 6.29 Å². The molecule has 98 valence electrons. The molecule has 2 nitrogen and oxygen atoms in total. The number of halogens is 1. The fourth-order valence-electron chi connectivity index (χ4n) is 3.21. The number of benzene rings is 1. The third-order valence-corrected chi connectivity index (χ3v) is 4.27. The Balaban J connectivity index is 2.62. The molecule has 0 saturated heterocycles. The van der Waals surface area contributed by atoms with Crippen molar-refractivity contribution in [1.82, 2.24) is 0 Å². The number of carbonyl (C=O) groups excluding carboxylic acids is 1. The average molecular weight is 266 g/mol. The molecule has 0 spiro atoms. The number of carbonyl (C=O) groups is 1. The minimum absolute atomic E-state index is 0.132. The topological polar surface area (TPSA) is 20.3 Å². The smallest absolute Gasteiger partial charge is 0.151 e. The van der Waals surface area contributed by atoms with Crippen molar-refractivity contribution in [2.45, 2.75) is 45.6 Å². The molecule has 1 heterocycles. The first kappa shape index (κ1) is 13.4. The van der Waals surface area contributed by atoms with E-state index in [0.29, 0.717) is 16.5 Å². The lowest BCUT2D eigenvalue weighted by Gasteiger charge is -2.47. The van der Waals surface area contributed by atoms with E-state index < -0.39 is 0 Å². The maximum atomic E-state index is 11.0. The average Bonchev–Trinajstić information content (AvgIpc) is 2.27. The molecule has 18 heavy (non-hydrogen) atoms. The molecule has 3 heteroatoms. The van der Waals surface area contributed by atoms with E-state index >= 15 is 0 Å². The van der Waals surface area contributed by atoms with Gasteiger partial charge in [-0.05, 0) is 50.8 Å². The molecule has 2 rings (SSSR count). The summed E-state index contributed by atoms with van der Waals surface area (Å²) in [5, 5.41) is 0.548. The number of fused-ring (bicyclic) bond motifs is 1. The van der Waals surface area contributed by atoms with Crippen LogP contribution in [0.1, 0.15) is 56.0 Å². The molecule has 0 bridgehead atoms. The summed E-state index contributed by atoms with van der Waals surface area (Å²) in [4.78, 5) is 13.4. The fraction of sp³-hybridized carbons (Fsp3) is 0.533. The zero-order valence-corrected chi connectivity index (χ0v) is 12.2. The lowest BCUT2D eigenvalue weighted by molar-refractivity contribution is 0.112. The number of hydrogen-bond acceptors (Lipinski definition) is 2. The molecule has 1 atom stereocenters. The van der Waals surface area contributed by atoms with E-state index in [4.69, 9.17) is 11.6 Å². The summed E-state index contributed by atoms with van der Waals surface area (Å²) in [5.41, 5.74) is 3.14. The molecule has 0 fully saturated rings. The molecule has 1 aromatic rings. The quantitative estimate of drug-likeness (QED) is 0.745. The number of aldehydes is 1. The Hall–Kier alpha value is -1.02. The second kappa shape index (κ2) is 4.58. The van der Waals surface area contributed by atoms with Gasteiger partial charge in [-0.1, -0.05) is 18.5 Å². The van der Waals surface area contributed by atoms with Crippen LogP contribution in [-0.4, -0.2) is 18.4 Å². The first-order valence-electron chi connectivity index (χ1n) is 6.47. The van der Waals surface area contributed by atoms with Gasteiger partial charge in [0.1, 0.15) is 0 Å². The highest BCUT2D eigenvalue weighted by molar-refractivity contribution is 6.33. The largest absolute Gasteiger partial charge is 0.366 e. The lowest BCUT2D eigenvalue weighted by atomic mass is 9.79. The molecule has 0 N–H and O–H groups in total. The molecule has 1 aromatic carbocycles. The molecule has 1 aliphatic rings. The summed E-state index contributed by atoms with van der Waals surface area (Å²) in [6.45, 7) is 9.84. The van der Waals surface area contributed by atoms with Crippen LogP contribution in [0.3, 0.4) is 0 Å². The molecule has 0 unspecified atom stereocenters. The highest BCUT2D eigenvalue weighted by atomic mass is 35.5. The number of hydrogen-bond donors (Lipinski definition) is 0. The third-order valence-electron chi connectivity index (χ3n) is 3.95. The molecule has 0 radical (unpaired) electrons. The second-order valence-corrected chi connectivity index (χ2v) is 6.12. The van der Waals surface area contributed by atoms with E-state index in [0.717, 1.165) is 19.3 Å². The van der Waals surface area contributed by atoms with Gasteiger partial charge in [0.05, 0.1) is 5.02 Å². The van der Waals surface area contributed by atoms with Gasteiger partial charge in [-0.25, -0.2) is 0 Å². The van der Waals surface area contributed by atoms with Gasteiger partial charge in [-0.3, -0.25) is 4.79 Å². The van der Waals surface area contributed by atoms with Gasteiger partial charge in [-0.2, -0.15) is 0 Å². The Kier molecular flexibility index (Phi) is 3.41. The van der Waals surface area contributed by atoms with Gasteiger partial charge < -0.3 is 4.90 Å². The minimum atomic E-state index is 0.132. The van der Waals surface area contributed by atoms with Crippen LogP contribution in [0.15, 0.2) is 12.1 Å². The number of rotatable bonds is 2. The van der Waals surface area contributed by atoms with Gasteiger partial charge in [0, 0.05) is 23.3 Å². The molecule has 0 aliphatic carbocycles. The van der Waals surface area contributed by atoms with Crippen LogP contribution in [0.5, 0.6) is 0 Å². The lowest BCUT2D eigenvalue weighted by Crippen LogP contribution is -2.48. The normalized spacial score (nSPS) is 21.6. The maximum Gasteiger partial charge on any atom is 0.151 e. The molecule has 0 saturated carbocycles. The SMILES string of the molecule is CCN1c2cc(Cl)c(C=O)cc2[C@H](C)CC1(C)C. The number of nitrogens with zero attached hydrogens (tertiary/aromatic N) is 1. The van der Waals surface area contributed by atoms with Crippen LogP contribution in [0, 0.1) is 0 Å². The predicted octanol–water partition coefficient (Wildman–Crippen LogP) is 4.26. The monoisotopic (exact) mass is 265 g/mol. The third kappa shape index (κ3) is 2.03. The summed E-state index contributed by atoms with van der Waals surface area (Å²) in [6, 6.07) is 3.90. The summed E-state index contributed by atoms with van der Waals surface area (Å²) in [6.07, 6.45) is 1.93. The van der Waals surface area contributed by atoms with Crippen molar-refractivity contribution in [3.05, 3.63) is 28.3 Å². The van der Waals surface area contributed by atoms with Crippen molar-refractivity contribution in [2.75, 3.05) is 11.4 Å². The number of anilines is 1. The van der Waals surface area contributed by atoms with Crippen molar-refractivity contribution in [1.29, 1.82) is 0 Å². The van der Waals surface area contributed by atoms with Crippen LogP contribution in [0.25, 0.3) is 0 Å². The van der Waals surface area contributed by atoms with Crippen molar-refractivity contribution < 1.29 is 4.79 Å². The Morgan fingerprint density at radius 3 is 2.72 bits per heavy atom.